The van der Waals surface area contributed by atoms with Gasteiger partial charge in [0.25, 0.3) is 0 Å². The fraction of sp³-hybridized carbons (Fsp3) is 0.0164. The number of benzene rings is 10. The first-order chi connectivity index (χ1) is 31.3. The summed E-state index contributed by atoms with van der Waals surface area (Å²) in [5, 5.41) is 0. The van der Waals surface area contributed by atoms with Crippen molar-refractivity contribution in [1.29, 1.82) is 0 Å². The Morgan fingerprint density at radius 3 is 1.37 bits per heavy atom. The Balaban J connectivity index is 1.13. The third kappa shape index (κ3) is 5.13. The van der Waals surface area contributed by atoms with Crippen molar-refractivity contribution in [3.63, 3.8) is 0 Å². The molecule has 0 saturated carbocycles. The minimum atomic E-state index is -0.612. The Morgan fingerprint density at radius 2 is 0.714 bits per heavy atom. The van der Waals surface area contributed by atoms with Crippen LogP contribution in [0.3, 0.4) is 0 Å². The molecule has 1 aliphatic heterocycles. The van der Waals surface area contributed by atoms with Crippen LogP contribution in [0.25, 0.3) is 66.8 Å². The van der Waals surface area contributed by atoms with Gasteiger partial charge in [0.05, 0.1) is 16.8 Å². The highest BCUT2D eigenvalue weighted by molar-refractivity contribution is 6.03. The summed E-state index contributed by atoms with van der Waals surface area (Å²) < 4.78 is 7.24. The average Bonchev–Trinajstić information content (AvgIpc) is 3.50. The van der Waals surface area contributed by atoms with Gasteiger partial charge in [0.2, 0.25) is 0 Å². The number of rotatable bonds is 4. The lowest BCUT2D eigenvalue weighted by Crippen LogP contribution is -2.29. The first-order valence-electron chi connectivity index (χ1n) is 21.8. The van der Waals surface area contributed by atoms with E-state index >= 15 is 0 Å². The van der Waals surface area contributed by atoms with Crippen LogP contribution in [0, 0.1) is 0 Å². The lowest BCUT2D eigenvalue weighted by atomic mass is 9.66. The van der Waals surface area contributed by atoms with E-state index in [0.29, 0.717) is 0 Å². The second-order valence-corrected chi connectivity index (χ2v) is 16.7. The van der Waals surface area contributed by atoms with Gasteiger partial charge in [-0.1, -0.05) is 206 Å². The molecule has 1 spiro atoms. The van der Waals surface area contributed by atoms with E-state index in [4.69, 9.17) is 4.74 Å². The van der Waals surface area contributed by atoms with Crippen molar-refractivity contribution in [1.82, 2.24) is 0 Å². The Morgan fingerprint density at radius 1 is 0.286 bits per heavy atom. The molecular weight excluding hydrogens is 763 g/mol. The van der Waals surface area contributed by atoms with Crippen LogP contribution in [0.15, 0.2) is 237 Å². The normalized spacial score (nSPS) is 13.0. The fourth-order valence-electron chi connectivity index (χ4n) is 11.0. The second kappa shape index (κ2) is 13.9. The summed E-state index contributed by atoms with van der Waals surface area (Å²) in [7, 11) is 0. The van der Waals surface area contributed by atoms with E-state index in [1.54, 1.807) is 0 Å². The molecule has 0 radical (unpaired) electrons. The van der Waals surface area contributed by atoms with E-state index in [2.05, 4.69) is 241 Å². The highest BCUT2D eigenvalue weighted by Gasteiger charge is 2.50. The van der Waals surface area contributed by atoms with E-state index in [1.165, 1.54) is 66.8 Å². The van der Waals surface area contributed by atoms with Crippen molar-refractivity contribution in [3.8, 4) is 78.3 Å². The van der Waals surface area contributed by atoms with Gasteiger partial charge in [-0.3, -0.25) is 0 Å². The summed E-state index contributed by atoms with van der Waals surface area (Å²) in [5.74, 6) is 1.66. The Bertz CT molecular complexity index is 3370. The lowest BCUT2D eigenvalue weighted by molar-refractivity contribution is 0.489. The number of nitrogens with zero attached hydrogens (tertiary/aromatic N) is 1. The average molecular weight is 802 g/mol. The molecule has 0 aromatic heterocycles. The minimum Gasteiger partial charge on any atom is -0.454 e. The number of anilines is 3. The molecule has 3 aliphatic rings. The molecule has 0 fully saturated rings. The molecule has 0 amide bonds. The van der Waals surface area contributed by atoms with E-state index in [9.17, 15) is 0 Å². The summed E-state index contributed by atoms with van der Waals surface area (Å²) in [5.41, 5.74) is 21.8. The van der Waals surface area contributed by atoms with E-state index in [0.717, 1.165) is 50.8 Å². The van der Waals surface area contributed by atoms with Crippen molar-refractivity contribution < 1.29 is 4.74 Å². The summed E-state index contributed by atoms with van der Waals surface area (Å²) in [6.45, 7) is 0. The van der Waals surface area contributed by atoms with Crippen molar-refractivity contribution >= 4 is 17.1 Å². The fourth-order valence-corrected chi connectivity index (χ4v) is 11.0. The van der Waals surface area contributed by atoms with Crippen LogP contribution in [0.1, 0.15) is 22.3 Å². The maximum absolute atomic E-state index is 7.24. The third-order valence-electron chi connectivity index (χ3n) is 13.5. The van der Waals surface area contributed by atoms with E-state index in [-0.39, 0.29) is 0 Å². The van der Waals surface area contributed by atoms with Crippen molar-refractivity contribution in [2.24, 2.45) is 0 Å². The first kappa shape index (κ1) is 35.5. The van der Waals surface area contributed by atoms with Gasteiger partial charge >= 0.3 is 0 Å². The molecule has 0 bridgehead atoms. The van der Waals surface area contributed by atoms with Gasteiger partial charge in [0.1, 0.15) is 5.75 Å². The Kier molecular flexibility index (Phi) is 7.85. The number of hydrogen-bond donors (Lipinski definition) is 0. The van der Waals surface area contributed by atoms with Crippen LogP contribution in [0.5, 0.6) is 11.5 Å². The van der Waals surface area contributed by atoms with Gasteiger partial charge in [-0.25, -0.2) is 0 Å². The highest BCUT2D eigenvalue weighted by atomic mass is 16.5. The molecule has 2 heteroatoms. The van der Waals surface area contributed by atoms with Crippen LogP contribution in [-0.2, 0) is 5.41 Å². The molecule has 13 rings (SSSR count). The topological polar surface area (TPSA) is 12.5 Å². The molecule has 0 saturated heterocycles. The number of fused-ring (bicyclic) bond motifs is 17. The van der Waals surface area contributed by atoms with Gasteiger partial charge in [0, 0.05) is 22.4 Å². The van der Waals surface area contributed by atoms with Crippen molar-refractivity contribution in [3.05, 3.63) is 259 Å². The molecule has 10 aromatic rings. The van der Waals surface area contributed by atoms with Crippen LogP contribution in [0.4, 0.5) is 17.1 Å². The standard InChI is InChI=1S/C61H39NO/c1-2-18-40(19-3-1)41-36-38-42(39-37-41)62(57-34-16-28-50-46-23-7-6-22-45(46)49-26-11-15-35-58(49)63-60(50)57)56-33-17-32-55-59(56)51-27-10-14-31-54(51)61(55)52-29-12-8-24-47(52)43-20-4-5-21-44(43)48-25-9-13-30-53(48)61/h1-39H. The maximum Gasteiger partial charge on any atom is 0.159 e. The van der Waals surface area contributed by atoms with Gasteiger partial charge in [-0.05, 0) is 103 Å². The molecule has 10 aromatic carbocycles. The first-order valence-corrected chi connectivity index (χ1v) is 21.8. The molecule has 0 atom stereocenters. The van der Waals surface area contributed by atoms with Gasteiger partial charge in [0.15, 0.2) is 5.75 Å². The molecule has 63 heavy (non-hydrogen) atoms. The van der Waals surface area contributed by atoms with E-state index in [1.807, 2.05) is 0 Å². The Hall–Kier alpha value is -8.20. The van der Waals surface area contributed by atoms with Gasteiger partial charge < -0.3 is 9.64 Å². The van der Waals surface area contributed by atoms with Crippen LogP contribution < -0.4 is 9.64 Å². The second-order valence-electron chi connectivity index (χ2n) is 16.7. The van der Waals surface area contributed by atoms with Gasteiger partial charge in [-0.2, -0.15) is 0 Å². The van der Waals surface area contributed by atoms with Gasteiger partial charge in [-0.15, -0.1) is 0 Å². The zero-order valence-electron chi connectivity index (χ0n) is 34.4. The Labute approximate surface area is 367 Å². The maximum atomic E-state index is 7.24. The largest absolute Gasteiger partial charge is 0.454 e. The van der Waals surface area contributed by atoms with E-state index < -0.39 is 5.41 Å². The summed E-state index contributed by atoms with van der Waals surface area (Å²) >= 11 is 0. The number of hydrogen-bond acceptors (Lipinski definition) is 2. The summed E-state index contributed by atoms with van der Waals surface area (Å²) in [6, 6.07) is 86.6. The molecule has 1 heterocycles. The highest BCUT2D eigenvalue weighted by Crippen LogP contribution is 2.64. The van der Waals surface area contributed by atoms with Crippen LogP contribution >= 0.6 is 0 Å². The van der Waals surface area contributed by atoms with Crippen LogP contribution in [0.2, 0.25) is 0 Å². The predicted molar refractivity (Wildman–Crippen MR) is 259 cm³/mol. The molecule has 2 aliphatic carbocycles. The lowest BCUT2D eigenvalue weighted by Gasteiger charge is -2.36. The zero-order chi connectivity index (χ0) is 41.5. The zero-order valence-corrected chi connectivity index (χ0v) is 34.4. The number of para-hydroxylation sites is 2. The molecule has 2 nitrogen and oxygen atoms in total. The predicted octanol–water partition coefficient (Wildman–Crippen LogP) is 16.3. The van der Waals surface area contributed by atoms with Crippen LogP contribution in [-0.4, -0.2) is 0 Å². The SMILES string of the molecule is c1ccc(-c2ccc(N(c3cccc4c3Oc3ccccc3-c3ccccc3-4)c3cccc4c3-c3ccccc3C43c4ccccc4-c4ccccc4-c4ccccc43)cc2)cc1. The third-order valence-corrected chi connectivity index (χ3v) is 13.5. The smallest absolute Gasteiger partial charge is 0.159 e. The number of ether oxygens (including phenoxy) is 1. The summed E-state index contributed by atoms with van der Waals surface area (Å²) in [6.07, 6.45) is 0. The quantitative estimate of drug-likeness (QED) is 0.176. The minimum absolute atomic E-state index is 0.612. The molecule has 294 valence electrons. The molecular formula is C61H39NO. The monoisotopic (exact) mass is 801 g/mol. The molecule has 0 N–H and O–H groups in total. The molecule has 0 unspecified atom stereocenters. The van der Waals surface area contributed by atoms with Crippen molar-refractivity contribution in [2.45, 2.75) is 5.41 Å². The van der Waals surface area contributed by atoms with Crippen molar-refractivity contribution in [2.75, 3.05) is 4.90 Å². The summed E-state index contributed by atoms with van der Waals surface area (Å²) in [4.78, 5) is 2.45.